The lowest BCUT2D eigenvalue weighted by molar-refractivity contribution is -0.297. The van der Waals surface area contributed by atoms with Crippen LogP contribution in [0.3, 0.4) is 0 Å². The monoisotopic (exact) mass is 157 g/mol. The molecule has 0 aliphatic rings. The van der Waals surface area contributed by atoms with E-state index in [2.05, 4.69) is 17.9 Å². The van der Waals surface area contributed by atoms with Crippen molar-refractivity contribution in [3.05, 3.63) is 25.5 Å². The zero-order valence-electron chi connectivity index (χ0n) is 6.20. The van der Waals surface area contributed by atoms with Crippen LogP contribution in [0.5, 0.6) is 0 Å². The predicted octanol–water partition coefficient (Wildman–Crippen LogP) is -0.385. The van der Waals surface area contributed by atoms with Crippen LogP contribution >= 0.6 is 0 Å². The normalized spacial score (nSPS) is 6.64. The largest absolute Gasteiger partial charge is 0.545 e. The molecule has 11 heavy (non-hydrogen) atoms. The molecular formula is C7H9O4-. The van der Waals surface area contributed by atoms with E-state index in [4.69, 9.17) is 9.90 Å². The van der Waals surface area contributed by atoms with Gasteiger partial charge < -0.3 is 14.6 Å². The van der Waals surface area contributed by atoms with Gasteiger partial charge in [0.15, 0.2) is 0 Å². The molecule has 0 aromatic heterocycles. The van der Waals surface area contributed by atoms with Crippen LogP contribution in [0.25, 0.3) is 0 Å². The number of carboxylic acid groups (broad SMARTS) is 1. The molecule has 0 radical (unpaired) electrons. The molecule has 0 spiro atoms. The maximum atomic E-state index is 9.75. The van der Waals surface area contributed by atoms with E-state index in [0.717, 1.165) is 12.3 Å². The number of carbonyl (C=O) groups excluding carboxylic acids is 2. The Morgan fingerprint density at radius 2 is 1.82 bits per heavy atom. The minimum Gasteiger partial charge on any atom is -0.545 e. The zero-order chi connectivity index (χ0) is 9.28. The number of esters is 1. The summed E-state index contributed by atoms with van der Waals surface area (Å²) in [6.45, 7) is 7.38. The molecule has 0 amide bonds. The second kappa shape index (κ2) is 8.42. The van der Waals surface area contributed by atoms with E-state index in [1.54, 1.807) is 0 Å². The molecule has 0 aliphatic heterocycles. The van der Waals surface area contributed by atoms with Gasteiger partial charge in [-0.3, -0.25) is 4.79 Å². The average Bonchev–Trinajstić information content (AvgIpc) is 1.89. The van der Waals surface area contributed by atoms with Gasteiger partial charge in [-0.2, -0.15) is 0 Å². The number of hydrogen-bond acceptors (Lipinski definition) is 4. The van der Waals surface area contributed by atoms with Gasteiger partial charge in [-0.15, -0.1) is 0 Å². The standard InChI is InChI=1S/C4H6O2.C3H4O2/c1-3-6-4(2)5;1-2-3(4)5/h3H,1H2,2H3;2H,1H2,(H,4,5)/p-1. The first kappa shape index (κ1) is 12.1. The Morgan fingerprint density at radius 1 is 1.45 bits per heavy atom. The van der Waals surface area contributed by atoms with Crippen molar-refractivity contribution in [2.75, 3.05) is 0 Å². The van der Waals surface area contributed by atoms with Crippen molar-refractivity contribution >= 4 is 11.9 Å². The van der Waals surface area contributed by atoms with Gasteiger partial charge in [0.1, 0.15) is 0 Å². The summed E-state index contributed by atoms with van der Waals surface area (Å²) in [5.41, 5.74) is 0. The summed E-state index contributed by atoms with van der Waals surface area (Å²) < 4.78 is 4.17. The highest BCUT2D eigenvalue weighted by molar-refractivity contribution is 5.76. The lowest BCUT2D eigenvalue weighted by atomic mass is 10.7. The molecule has 0 saturated carbocycles. The first-order chi connectivity index (χ1) is 5.04. The van der Waals surface area contributed by atoms with Gasteiger partial charge in [0.25, 0.3) is 0 Å². The van der Waals surface area contributed by atoms with E-state index in [1.165, 1.54) is 6.92 Å². The van der Waals surface area contributed by atoms with Gasteiger partial charge in [-0.25, -0.2) is 0 Å². The second-order valence-electron chi connectivity index (χ2n) is 1.30. The van der Waals surface area contributed by atoms with Crippen LogP contribution in [0.15, 0.2) is 25.5 Å². The smallest absolute Gasteiger partial charge is 0.307 e. The molecule has 0 heterocycles. The molecule has 62 valence electrons. The van der Waals surface area contributed by atoms with Crippen LogP contribution in [-0.2, 0) is 14.3 Å². The van der Waals surface area contributed by atoms with Crippen LogP contribution < -0.4 is 5.11 Å². The molecule has 4 nitrogen and oxygen atoms in total. The van der Waals surface area contributed by atoms with E-state index in [9.17, 15) is 4.79 Å². The van der Waals surface area contributed by atoms with Crippen molar-refractivity contribution in [1.29, 1.82) is 0 Å². The van der Waals surface area contributed by atoms with Gasteiger partial charge in [0, 0.05) is 6.92 Å². The van der Waals surface area contributed by atoms with Crippen LogP contribution in [-0.4, -0.2) is 11.9 Å². The van der Waals surface area contributed by atoms with Crippen LogP contribution in [0.4, 0.5) is 0 Å². The molecule has 4 heteroatoms. The molecule has 0 unspecified atom stereocenters. The highest BCUT2D eigenvalue weighted by Gasteiger charge is 1.79. The first-order valence-corrected chi connectivity index (χ1v) is 2.66. The Bertz CT molecular complexity index is 160. The summed E-state index contributed by atoms with van der Waals surface area (Å²) in [7, 11) is 0. The number of ether oxygens (including phenoxy) is 1. The fourth-order valence-electron chi connectivity index (χ4n) is 0.117. The zero-order valence-corrected chi connectivity index (χ0v) is 6.20. The van der Waals surface area contributed by atoms with Crippen molar-refractivity contribution in [2.24, 2.45) is 0 Å². The third kappa shape index (κ3) is 29.7. The lowest BCUT2D eigenvalue weighted by Crippen LogP contribution is -2.17. The fraction of sp³-hybridized carbons (Fsp3) is 0.143. The van der Waals surface area contributed by atoms with Gasteiger partial charge in [-0.05, 0) is 6.08 Å². The number of aliphatic carboxylic acids is 1. The van der Waals surface area contributed by atoms with Crippen molar-refractivity contribution < 1.29 is 19.4 Å². The molecule has 0 atom stereocenters. The van der Waals surface area contributed by atoms with E-state index in [-0.39, 0.29) is 5.97 Å². The van der Waals surface area contributed by atoms with E-state index < -0.39 is 5.97 Å². The lowest BCUT2D eigenvalue weighted by Gasteiger charge is -1.83. The Balaban J connectivity index is 0. The number of hydrogen-bond donors (Lipinski definition) is 0. The molecular weight excluding hydrogens is 148 g/mol. The molecule has 0 N–H and O–H groups in total. The van der Waals surface area contributed by atoms with E-state index >= 15 is 0 Å². The number of carboxylic acids is 1. The minimum absolute atomic E-state index is 0.329. The highest BCUT2D eigenvalue weighted by Crippen LogP contribution is 1.70. The van der Waals surface area contributed by atoms with Crippen LogP contribution in [0.1, 0.15) is 6.92 Å². The quantitative estimate of drug-likeness (QED) is 0.311. The van der Waals surface area contributed by atoms with Crippen molar-refractivity contribution in [3.8, 4) is 0 Å². The van der Waals surface area contributed by atoms with Gasteiger partial charge in [0.2, 0.25) is 0 Å². The van der Waals surface area contributed by atoms with Crippen molar-refractivity contribution in [2.45, 2.75) is 6.92 Å². The molecule has 0 fully saturated rings. The minimum atomic E-state index is -1.23. The van der Waals surface area contributed by atoms with Gasteiger partial charge in [0.05, 0.1) is 12.2 Å². The SMILES string of the molecule is C=CC(=O)[O-].C=COC(C)=O. The predicted molar refractivity (Wildman–Crippen MR) is 37.2 cm³/mol. The molecule has 0 aromatic carbocycles. The molecule has 0 rings (SSSR count). The summed E-state index contributed by atoms with van der Waals surface area (Å²) in [5, 5.41) is 9.14. The van der Waals surface area contributed by atoms with Gasteiger partial charge in [-0.1, -0.05) is 13.2 Å². The topological polar surface area (TPSA) is 66.4 Å². The van der Waals surface area contributed by atoms with Crippen molar-refractivity contribution in [3.63, 3.8) is 0 Å². The number of carbonyl (C=O) groups is 2. The van der Waals surface area contributed by atoms with E-state index in [1.807, 2.05) is 0 Å². The second-order valence-corrected chi connectivity index (χ2v) is 1.30. The molecule has 0 aromatic rings. The molecule has 0 aliphatic carbocycles. The van der Waals surface area contributed by atoms with Gasteiger partial charge >= 0.3 is 5.97 Å². The highest BCUT2D eigenvalue weighted by atomic mass is 16.5. The Kier molecular flexibility index (Phi) is 9.29. The Hall–Kier alpha value is -1.58. The number of rotatable bonds is 2. The fourth-order valence-corrected chi connectivity index (χ4v) is 0.117. The Labute approximate surface area is 64.8 Å². The summed E-state index contributed by atoms with van der Waals surface area (Å²) in [5.74, 6) is -1.56. The summed E-state index contributed by atoms with van der Waals surface area (Å²) in [6.07, 6.45) is 1.82. The van der Waals surface area contributed by atoms with Crippen molar-refractivity contribution in [1.82, 2.24) is 0 Å². The maximum absolute atomic E-state index is 9.75. The maximum Gasteiger partial charge on any atom is 0.307 e. The third-order valence-corrected chi connectivity index (χ3v) is 0.416. The summed E-state index contributed by atoms with van der Waals surface area (Å²) in [4.78, 5) is 18.9. The molecule has 0 bridgehead atoms. The van der Waals surface area contributed by atoms with Crippen LogP contribution in [0.2, 0.25) is 0 Å². The summed E-state index contributed by atoms with van der Waals surface area (Å²) in [6, 6.07) is 0. The average molecular weight is 157 g/mol. The molecule has 0 saturated heterocycles. The Morgan fingerprint density at radius 3 is 1.82 bits per heavy atom. The first-order valence-electron chi connectivity index (χ1n) is 2.66. The van der Waals surface area contributed by atoms with Crippen LogP contribution in [0, 0.1) is 0 Å². The van der Waals surface area contributed by atoms with E-state index in [0.29, 0.717) is 0 Å². The third-order valence-electron chi connectivity index (χ3n) is 0.416. The summed E-state index contributed by atoms with van der Waals surface area (Å²) >= 11 is 0.